The summed E-state index contributed by atoms with van der Waals surface area (Å²) in [6, 6.07) is 21.2. The van der Waals surface area contributed by atoms with Crippen LogP contribution in [-0.4, -0.2) is 83.5 Å². The third kappa shape index (κ3) is 13.0. The maximum atomic E-state index is 10.4. The first-order valence-electron chi connectivity index (χ1n) is 12.8. The Morgan fingerprint density at radius 1 is 0.750 bits per heavy atom. The summed E-state index contributed by atoms with van der Waals surface area (Å²) in [6.07, 6.45) is -0.376. The van der Waals surface area contributed by atoms with Crippen LogP contribution in [0.3, 0.4) is 0 Å². The minimum atomic E-state index is -4.27. The first kappa shape index (κ1) is 33.4. The molecule has 40 heavy (non-hydrogen) atoms. The zero-order chi connectivity index (χ0) is 29.8. The van der Waals surface area contributed by atoms with Gasteiger partial charge in [-0.1, -0.05) is 53.6 Å². The highest BCUT2D eigenvalue weighted by Crippen LogP contribution is 2.10. The van der Waals surface area contributed by atoms with E-state index in [1.54, 1.807) is 29.2 Å². The zero-order valence-electron chi connectivity index (χ0n) is 22.9. The number of nitrogens with one attached hydrogen (secondary N) is 2. The molecule has 0 aliphatic carbocycles. The smallest absolute Gasteiger partial charge is 0.137 e. The maximum absolute atomic E-state index is 10.4. The van der Waals surface area contributed by atoms with E-state index in [0.29, 0.717) is 6.61 Å². The lowest BCUT2D eigenvalue weighted by molar-refractivity contribution is -1.00. The molecule has 10 nitrogen and oxygen atoms in total. The average molecular weight is 595 g/mol. The Bertz CT molecular complexity index is 1280. The van der Waals surface area contributed by atoms with Crippen LogP contribution in [0.2, 0.25) is 0 Å². The van der Waals surface area contributed by atoms with Gasteiger partial charge in [-0.25, -0.2) is 16.8 Å². The molecule has 3 aromatic rings. The van der Waals surface area contributed by atoms with E-state index in [1.807, 2.05) is 44.2 Å². The standard InChI is InChI=1S/C14H22N2O2.2C7H8O3S/c1-15-7-9-16(10-8-15)11-13(17)12-18-14-5-3-2-4-6-14;2*1-6-2-4-7(5-3-6)11(8,9)10/h2-6,13,17H,7-12H2,1H3;2*2-5H,1H3,(H,8,9,10). The van der Waals surface area contributed by atoms with Crippen molar-refractivity contribution in [3.8, 4) is 5.75 Å². The zero-order valence-corrected chi connectivity index (χ0v) is 24.6. The fraction of sp³-hybridized carbons (Fsp3) is 0.357. The Hall–Kier alpha value is -2.84. The van der Waals surface area contributed by atoms with Gasteiger partial charge in [0.1, 0.15) is 71.4 Å². The van der Waals surface area contributed by atoms with Gasteiger partial charge in [-0.05, 0) is 50.2 Å². The molecular weight excluding hydrogens is 556 g/mol. The summed E-state index contributed by atoms with van der Waals surface area (Å²) in [6.45, 7) is 9.50. The summed E-state index contributed by atoms with van der Waals surface area (Å²) in [5.41, 5.74) is 1.86. The number of quaternary nitrogens is 2. The van der Waals surface area contributed by atoms with Crippen molar-refractivity contribution in [1.82, 2.24) is 0 Å². The second kappa shape index (κ2) is 15.8. The molecule has 0 spiro atoms. The van der Waals surface area contributed by atoms with Crippen LogP contribution < -0.4 is 14.5 Å². The number of benzene rings is 3. The van der Waals surface area contributed by atoms with E-state index >= 15 is 0 Å². The fourth-order valence-electron chi connectivity index (χ4n) is 3.75. The average Bonchev–Trinajstić information content (AvgIpc) is 2.90. The summed E-state index contributed by atoms with van der Waals surface area (Å²) in [5, 5.41) is 9.98. The third-order valence-electron chi connectivity index (χ3n) is 6.14. The third-order valence-corrected chi connectivity index (χ3v) is 7.84. The van der Waals surface area contributed by atoms with Gasteiger partial charge >= 0.3 is 0 Å². The van der Waals surface area contributed by atoms with Gasteiger partial charge in [0.25, 0.3) is 0 Å². The molecule has 1 saturated heterocycles. The van der Waals surface area contributed by atoms with Crippen molar-refractivity contribution >= 4 is 20.2 Å². The molecule has 0 aromatic heterocycles. The molecule has 1 heterocycles. The first-order valence-corrected chi connectivity index (χ1v) is 15.6. The molecule has 1 atom stereocenters. The second-order valence-electron chi connectivity index (χ2n) is 9.72. The van der Waals surface area contributed by atoms with Crippen molar-refractivity contribution < 1.29 is 45.6 Å². The van der Waals surface area contributed by atoms with Crippen molar-refractivity contribution in [2.75, 3.05) is 46.4 Å². The minimum absolute atomic E-state index is 0.178. The number of piperazine rings is 1. The second-order valence-corrected chi connectivity index (χ2v) is 12.5. The van der Waals surface area contributed by atoms with Crippen LogP contribution in [0.4, 0.5) is 0 Å². The van der Waals surface area contributed by atoms with Gasteiger partial charge in [0.2, 0.25) is 0 Å². The van der Waals surface area contributed by atoms with Crippen LogP contribution in [0.25, 0.3) is 0 Å². The monoisotopic (exact) mass is 594 g/mol. The molecule has 220 valence electrons. The molecule has 1 fully saturated rings. The van der Waals surface area contributed by atoms with E-state index < -0.39 is 20.2 Å². The van der Waals surface area contributed by atoms with E-state index in [0.717, 1.165) is 36.5 Å². The Balaban J connectivity index is 0.000000222. The number of likely N-dealkylation sites (N-methyl/N-ethyl adjacent to an activating group) is 1. The van der Waals surface area contributed by atoms with Gasteiger partial charge in [0.05, 0.1) is 16.8 Å². The summed E-state index contributed by atoms with van der Waals surface area (Å²) < 4.78 is 67.9. The van der Waals surface area contributed by atoms with Gasteiger partial charge < -0.3 is 28.7 Å². The Kier molecular flexibility index (Phi) is 13.2. The Labute approximate surface area is 237 Å². The van der Waals surface area contributed by atoms with Crippen molar-refractivity contribution in [3.63, 3.8) is 0 Å². The number of aliphatic hydroxyl groups excluding tert-OH is 1. The number of aliphatic hydroxyl groups is 1. The van der Waals surface area contributed by atoms with Crippen LogP contribution >= 0.6 is 0 Å². The number of rotatable bonds is 7. The lowest BCUT2D eigenvalue weighted by atomic mass is 10.2. The van der Waals surface area contributed by atoms with Crippen LogP contribution in [0.15, 0.2) is 88.7 Å². The molecule has 12 heteroatoms. The topological polar surface area (TPSA) is 153 Å². The minimum Gasteiger partial charge on any atom is -0.744 e. The molecule has 0 radical (unpaired) electrons. The lowest BCUT2D eigenvalue weighted by Gasteiger charge is -2.28. The summed E-state index contributed by atoms with van der Waals surface area (Å²) in [5.74, 6) is 0.828. The van der Waals surface area contributed by atoms with E-state index in [2.05, 4.69) is 7.05 Å². The van der Waals surface area contributed by atoms with Crippen molar-refractivity contribution in [2.24, 2.45) is 0 Å². The molecule has 3 aromatic carbocycles. The van der Waals surface area contributed by atoms with Crippen LogP contribution in [0, 0.1) is 13.8 Å². The summed E-state index contributed by atoms with van der Waals surface area (Å²) in [4.78, 5) is 2.73. The van der Waals surface area contributed by atoms with Gasteiger partial charge in [-0.2, -0.15) is 0 Å². The van der Waals surface area contributed by atoms with Crippen LogP contribution in [0.1, 0.15) is 11.1 Å². The number of hydrogen-bond donors (Lipinski definition) is 3. The highest BCUT2D eigenvalue weighted by Gasteiger charge is 2.22. The molecule has 1 aliphatic rings. The van der Waals surface area contributed by atoms with Gasteiger partial charge in [-0.15, -0.1) is 0 Å². The van der Waals surface area contributed by atoms with E-state index in [1.165, 1.54) is 42.3 Å². The Morgan fingerprint density at radius 2 is 1.18 bits per heavy atom. The Morgan fingerprint density at radius 3 is 1.57 bits per heavy atom. The quantitative estimate of drug-likeness (QED) is 0.314. The van der Waals surface area contributed by atoms with Crippen molar-refractivity contribution in [2.45, 2.75) is 29.7 Å². The number of hydrogen-bond acceptors (Lipinski definition) is 8. The predicted octanol–water partition coefficient (Wildman–Crippen LogP) is -0.362. The highest BCUT2D eigenvalue weighted by atomic mass is 32.2. The van der Waals surface area contributed by atoms with Crippen molar-refractivity contribution in [3.05, 3.63) is 90.0 Å². The molecule has 1 unspecified atom stereocenters. The summed E-state index contributed by atoms with van der Waals surface area (Å²) in [7, 11) is -6.31. The largest absolute Gasteiger partial charge is 0.744 e. The molecule has 0 bridgehead atoms. The number of aryl methyl sites for hydroxylation is 2. The van der Waals surface area contributed by atoms with E-state index in [9.17, 15) is 31.0 Å². The van der Waals surface area contributed by atoms with Crippen LogP contribution in [0.5, 0.6) is 5.75 Å². The molecule has 1 aliphatic heterocycles. The molecular formula is C28H38N2O8S2. The van der Waals surface area contributed by atoms with Gasteiger partial charge in [0, 0.05) is 0 Å². The molecule has 3 N–H and O–H groups in total. The molecule has 4 rings (SSSR count). The summed E-state index contributed by atoms with van der Waals surface area (Å²) >= 11 is 0. The van der Waals surface area contributed by atoms with Crippen LogP contribution in [-0.2, 0) is 20.2 Å². The van der Waals surface area contributed by atoms with Gasteiger partial charge in [-0.3, -0.25) is 0 Å². The lowest BCUT2D eigenvalue weighted by Crippen LogP contribution is -3.27. The predicted molar refractivity (Wildman–Crippen MR) is 148 cm³/mol. The van der Waals surface area contributed by atoms with Crippen molar-refractivity contribution in [1.29, 1.82) is 0 Å². The SMILES string of the molecule is C[NH+]1CC[NH+](CC(O)COc2ccccc2)CC1.Cc1ccc(S(=O)(=O)[O-])cc1.Cc1ccc(S(=O)(=O)[O-])cc1. The normalized spacial score (nSPS) is 17.9. The fourth-order valence-corrected chi connectivity index (χ4v) is 4.68. The molecule has 0 saturated carbocycles. The molecule has 0 amide bonds. The number of ether oxygens (including phenoxy) is 1. The van der Waals surface area contributed by atoms with E-state index in [4.69, 9.17) is 4.74 Å². The first-order chi connectivity index (χ1) is 18.7. The maximum Gasteiger partial charge on any atom is 0.137 e. The van der Waals surface area contributed by atoms with Gasteiger partial charge in [0.15, 0.2) is 0 Å². The highest BCUT2D eigenvalue weighted by molar-refractivity contribution is 7.86. The number of para-hydroxylation sites is 1. The van der Waals surface area contributed by atoms with E-state index in [-0.39, 0.29) is 15.9 Å².